The van der Waals surface area contributed by atoms with Gasteiger partial charge in [-0.1, -0.05) is 36.0 Å². The molecule has 0 bridgehead atoms. The van der Waals surface area contributed by atoms with Gasteiger partial charge in [0.2, 0.25) is 0 Å². The summed E-state index contributed by atoms with van der Waals surface area (Å²) in [4.78, 5) is 18.9. The Kier molecular flexibility index (Phi) is 4.44. The molecule has 0 saturated carbocycles. The van der Waals surface area contributed by atoms with Crippen LogP contribution in [0.5, 0.6) is 0 Å². The number of carbonyl (C=O) groups is 1. The van der Waals surface area contributed by atoms with Gasteiger partial charge in [0.25, 0.3) is 0 Å². The average Bonchev–Trinajstić information content (AvgIpc) is 2.78. The standard InChI is InChI=1S/C20H22N2OS/c1-21-8-10-22(11-9-21)18-13-16-4-2-3-5-19(16)24-20-7-6-15(14-23)12-17(18)20/h2-7,12,14,18H,8-11,13H2,1H3. The molecule has 1 unspecified atom stereocenters. The Morgan fingerprint density at radius 1 is 1.04 bits per heavy atom. The molecule has 3 nitrogen and oxygen atoms in total. The number of rotatable bonds is 2. The minimum absolute atomic E-state index is 0.352. The van der Waals surface area contributed by atoms with Crippen LogP contribution in [-0.4, -0.2) is 49.3 Å². The number of piperazine rings is 1. The number of hydrogen-bond acceptors (Lipinski definition) is 4. The summed E-state index contributed by atoms with van der Waals surface area (Å²) in [6.07, 6.45) is 1.98. The second-order valence-electron chi connectivity index (χ2n) is 6.68. The fourth-order valence-electron chi connectivity index (χ4n) is 3.66. The van der Waals surface area contributed by atoms with Gasteiger partial charge in [-0.05, 0) is 42.8 Å². The summed E-state index contributed by atoms with van der Waals surface area (Å²) in [7, 11) is 2.19. The third-order valence-corrected chi connectivity index (χ3v) is 6.32. The summed E-state index contributed by atoms with van der Waals surface area (Å²) < 4.78 is 0. The van der Waals surface area contributed by atoms with Crippen molar-refractivity contribution in [3.63, 3.8) is 0 Å². The summed E-state index contributed by atoms with van der Waals surface area (Å²) in [5.41, 5.74) is 3.50. The molecule has 2 aliphatic rings. The van der Waals surface area contributed by atoms with Crippen LogP contribution in [0.3, 0.4) is 0 Å². The second kappa shape index (κ2) is 6.71. The monoisotopic (exact) mass is 338 g/mol. The summed E-state index contributed by atoms with van der Waals surface area (Å²) in [5, 5.41) is 0. The van der Waals surface area contributed by atoms with Crippen LogP contribution in [0.15, 0.2) is 52.3 Å². The first kappa shape index (κ1) is 15.9. The number of hydrogen-bond donors (Lipinski definition) is 0. The lowest BCUT2D eigenvalue weighted by molar-refractivity contribution is 0.109. The molecular weight excluding hydrogens is 316 g/mol. The van der Waals surface area contributed by atoms with E-state index in [1.807, 2.05) is 17.8 Å². The Hall–Kier alpha value is -1.62. The molecule has 4 heteroatoms. The van der Waals surface area contributed by atoms with Gasteiger partial charge in [-0.2, -0.15) is 0 Å². The Balaban J connectivity index is 1.77. The highest BCUT2D eigenvalue weighted by atomic mass is 32.2. The van der Waals surface area contributed by atoms with E-state index in [4.69, 9.17) is 0 Å². The van der Waals surface area contributed by atoms with Crippen molar-refractivity contribution in [1.29, 1.82) is 0 Å². The van der Waals surface area contributed by atoms with E-state index in [0.717, 1.165) is 44.4 Å². The Morgan fingerprint density at radius 2 is 1.83 bits per heavy atom. The van der Waals surface area contributed by atoms with Gasteiger partial charge in [0.15, 0.2) is 0 Å². The van der Waals surface area contributed by atoms with Crippen LogP contribution >= 0.6 is 11.8 Å². The topological polar surface area (TPSA) is 23.6 Å². The number of carbonyl (C=O) groups excluding carboxylic acids is 1. The van der Waals surface area contributed by atoms with Crippen LogP contribution in [0.2, 0.25) is 0 Å². The van der Waals surface area contributed by atoms with Crippen molar-refractivity contribution in [3.05, 3.63) is 59.2 Å². The van der Waals surface area contributed by atoms with Crippen molar-refractivity contribution in [1.82, 2.24) is 9.80 Å². The fraction of sp³-hybridized carbons (Fsp3) is 0.350. The van der Waals surface area contributed by atoms with E-state index in [2.05, 4.69) is 53.2 Å². The van der Waals surface area contributed by atoms with Gasteiger partial charge in [-0.3, -0.25) is 9.69 Å². The molecule has 0 radical (unpaired) electrons. The highest BCUT2D eigenvalue weighted by Crippen LogP contribution is 2.43. The van der Waals surface area contributed by atoms with E-state index < -0.39 is 0 Å². The zero-order chi connectivity index (χ0) is 16.5. The van der Waals surface area contributed by atoms with Crippen molar-refractivity contribution in [3.8, 4) is 0 Å². The SMILES string of the molecule is CN1CCN(C2Cc3ccccc3Sc3ccc(C=O)cc32)CC1. The molecule has 0 aromatic heterocycles. The molecule has 0 amide bonds. The Labute approximate surface area is 147 Å². The van der Waals surface area contributed by atoms with E-state index >= 15 is 0 Å². The van der Waals surface area contributed by atoms with E-state index in [1.165, 1.54) is 20.9 Å². The molecular formula is C20H22N2OS. The zero-order valence-electron chi connectivity index (χ0n) is 13.9. The van der Waals surface area contributed by atoms with E-state index in [1.54, 1.807) is 0 Å². The van der Waals surface area contributed by atoms with Crippen molar-refractivity contribution in [2.45, 2.75) is 22.3 Å². The minimum atomic E-state index is 0.352. The third kappa shape index (κ3) is 3.02. The highest BCUT2D eigenvalue weighted by Gasteiger charge is 2.29. The number of fused-ring (bicyclic) bond motifs is 2. The van der Waals surface area contributed by atoms with Crippen molar-refractivity contribution in [2.75, 3.05) is 33.2 Å². The first-order valence-electron chi connectivity index (χ1n) is 8.52. The molecule has 2 aliphatic heterocycles. The average molecular weight is 338 g/mol. The van der Waals surface area contributed by atoms with Gasteiger partial charge in [-0.25, -0.2) is 0 Å². The number of aldehydes is 1. The fourth-order valence-corrected chi connectivity index (χ4v) is 4.78. The summed E-state index contributed by atoms with van der Waals surface area (Å²) in [6, 6.07) is 15.2. The maximum Gasteiger partial charge on any atom is 0.150 e. The highest BCUT2D eigenvalue weighted by molar-refractivity contribution is 7.99. The lowest BCUT2D eigenvalue weighted by Gasteiger charge is -2.38. The third-order valence-electron chi connectivity index (χ3n) is 5.11. The first-order valence-corrected chi connectivity index (χ1v) is 9.34. The van der Waals surface area contributed by atoms with Crippen molar-refractivity contribution < 1.29 is 4.79 Å². The maximum absolute atomic E-state index is 11.3. The maximum atomic E-state index is 11.3. The van der Waals surface area contributed by atoms with Gasteiger partial charge >= 0.3 is 0 Å². The predicted molar refractivity (Wildman–Crippen MR) is 97.9 cm³/mol. The largest absolute Gasteiger partial charge is 0.304 e. The van der Waals surface area contributed by atoms with Gasteiger partial charge in [-0.15, -0.1) is 0 Å². The minimum Gasteiger partial charge on any atom is -0.304 e. The van der Waals surface area contributed by atoms with Crippen LogP contribution in [0.1, 0.15) is 27.5 Å². The molecule has 1 atom stereocenters. The molecule has 0 N–H and O–H groups in total. The van der Waals surface area contributed by atoms with Gasteiger partial charge in [0, 0.05) is 47.6 Å². The smallest absolute Gasteiger partial charge is 0.150 e. The molecule has 2 heterocycles. The first-order chi connectivity index (χ1) is 11.7. The lowest BCUT2D eigenvalue weighted by Crippen LogP contribution is -2.46. The summed E-state index contributed by atoms with van der Waals surface area (Å²) >= 11 is 1.84. The normalized spacial score (nSPS) is 21.6. The van der Waals surface area contributed by atoms with Crippen LogP contribution < -0.4 is 0 Å². The summed E-state index contributed by atoms with van der Waals surface area (Å²) in [6.45, 7) is 4.37. The zero-order valence-corrected chi connectivity index (χ0v) is 14.8. The molecule has 4 rings (SSSR count). The number of nitrogens with zero attached hydrogens (tertiary/aromatic N) is 2. The summed E-state index contributed by atoms with van der Waals surface area (Å²) in [5.74, 6) is 0. The second-order valence-corrected chi connectivity index (χ2v) is 7.77. The van der Waals surface area contributed by atoms with E-state index in [-0.39, 0.29) is 0 Å². The van der Waals surface area contributed by atoms with Gasteiger partial charge in [0.1, 0.15) is 6.29 Å². The lowest BCUT2D eigenvalue weighted by atomic mass is 9.95. The van der Waals surface area contributed by atoms with Crippen LogP contribution in [0.4, 0.5) is 0 Å². The molecule has 0 spiro atoms. The molecule has 2 aromatic carbocycles. The number of benzene rings is 2. The van der Waals surface area contributed by atoms with Crippen LogP contribution in [-0.2, 0) is 6.42 Å². The molecule has 24 heavy (non-hydrogen) atoms. The number of likely N-dealkylation sites (N-methyl/N-ethyl adjacent to an activating group) is 1. The molecule has 2 aromatic rings. The molecule has 1 saturated heterocycles. The predicted octanol–water partition coefficient (Wildman–Crippen LogP) is 3.49. The van der Waals surface area contributed by atoms with Crippen molar-refractivity contribution in [2.24, 2.45) is 0 Å². The molecule has 1 fully saturated rings. The van der Waals surface area contributed by atoms with Crippen molar-refractivity contribution >= 4 is 18.0 Å². The Bertz CT molecular complexity index is 753. The van der Waals surface area contributed by atoms with E-state index in [0.29, 0.717) is 6.04 Å². The van der Waals surface area contributed by atoms with Crippen LogP contribution in [0, 0.1) is 0 Å². The van der Waals surface area contributed by atoms with Crippen LogP contribution in [0.25, 0.3) is 0 Å². The quantitative estimate of drug-likeness (QED) is 0.782. The van der Waals surface area contributed by atoms with Gasteiger partial charge in [0.05, 0.1) is 0 Å². The molecule has 124 valence electrons. The van der Waals surface area contributed by atoms with E-state index in [9.17, 15) is 4.79 Å². The Morgan fingerprint density at radius 3 is 2.62 bits per heavy atom. The van der Waals surface area contributed by atoms with Gasteiger partial charge < -0.3 is 4.90 Å². The molecule has 0 aliphatic carbocycles.